The first-order valence-corrected chi connectivity index (χ1v) is 7.77. The van der Waals surface area contributed by atoms with E-state index in [-0.39, 0.29) is 18.7 Å². The van der Waals surface area contributed by atoms with Crippen LogP contribution in [0.4, 0.5) is 0 Å². The van der Waals surface area contributed by atoms with Crippen molar-refractivity contribution in [3.63, 3.8) is 0 Å². The minimum Gasteiger partial charge on any atom is -0.497 e. The molecule has 0 amide bonds. The lowest BCUT2D eigenvalue weighted by Gasteiger charge is -2.23. The molecular formula is C19H25NO2. The molecule has 0 fully saturated rings. The van der Waals surface area contributed by atoms with E-state index < -0.39 is 0 Å². The number of benzene rings is 2. The Morgan fingerprint density at radius 2 is 1.82 bits per heavy atom. The van der Waals surface area contributed by atoms with Crippen molar-refractivity contribution in [2.45, 2.75) is 32.4 Å². The fourth-order valence-electron chi connectivity index (χ4n) is 2.55. The fourth-order valence-corrected chi connectivity index (χ4v) is 2.55. The molecule has 0 saturated carbocycles. The molecule has 0 saturated heterocycles. The van der Waals surface area contributed by atoms with Gasteiger partial charge in [-0.3, -0.25) is 0 Å². The number of hydrogen-bond acceptors (Lipinski definition) is 3. The minimum absolute atomic E-state index is 0.0462. The molecule has 2 aromatic rings. The summed E-state index contributed by atoms with van der Waals surface area (Å²) in [6, 6.07) is 16.5. The number of hydrogen-bond donors (Lipinski definition) is 2. The molecule has 2 rings (SSSR count). The maximum atomic E-state index is 9.72. The van der Waals surface area contributed by atoms with E-state index in [9.17, 15) is 5.11 Å². The average Bonchev–Trinajstić information content (AvgIpc) is 2.59. The molecule has 3 heteroatoms. The van der Waals surface area contributed by atoms with Crippen molar-refractivity contribution >= 4 is 0 Å². The molecule has 0 heterocycles. The molecule has 0 bridgehead atoms. The lowest BCUT2D eigenvalue weighted by atomic mass is 10.0. The number of aryl methyl sites for hydroxylation is 1. The first-order valence-electron chi connectivity index (χ1n) is 7.77. The normalized spacial score (nSPS) is 13.6. The van der Waals surface area contributed by atoms with E-state index in [0.29, 0.717) is 0 Å². The number of aliphatic hydroxyl groups excluding tert-OH is 1. The maximum Gasteiger partial charge on any atom is 0.119 e. The summed E-state index contributed by atoms with van der Waals surface area (Å²) in [5, 5.41) is 13.2. The SMILES string of the molecule is CCc1ccc(C(C)NC(CO)c2cccc(OC)c2)cc1. The first-order chi connectivity index (χ1) is 10.7. The van der Waals surface area contributed by atoms with Gasteiger partial charge in [0, 0.05) is 6.04 Å². The summed E-state index contributed by atoms with van der Waals surface area (Å²) < 4.78 is 5.26. The van der Waals surface area contributed by atoms with Crippen molar-refractivity contribution in [1.82, 2.24) is 5.32 Å². The van der Waals surface area contributed by atoms with Crippen LogP contribution in [0.1, 0.15) is 42.6 Å². The average molecular weight is 299 g/mol. The van der Waals surface area contributed by atoms with E-state index in [1.165, 1.54) is 11.1 Å². The molecule has 2 aromatic carbocycles. The van der Waals surface area contributed by atoms with Gasteiger partial charge in [-0.15, -0.1) is 0 Å². The topological polar surface area (TPSA) is 41.5 Å². The van der Waals surface area contributed by atoms with E-state index in [1.54, 1.807) is 7.11 Å². The van der Waals surface area contributed by atoms with Crippen LogP contribution in [-0.2, 0) is 6.42 Å². The second kappa shape index (κ2) is 7.97. The summed E-state index contributed by atoms with van der Waals surface area (Å²) in [5.41, 5.74) is 3.58. The Morgan fingerprint density at radius 3 is 2.41 bits per heavy atom. The fraction of sp³-hybridized carbons (Fsp3) is 0.368. The molecule has 0 aliphatic carbocycles. The third-order valence-electron chi connectivity index (χ3n) is 4.02. The van der Waals surface area contributed by atoms with Gasteiger partial charge in [0.1, 0.15) is 5.75 Å². The lowest BCUT2D eigenvalue weighted by molar-refractivity contribution is 0.235. The number of methoxy groups -OCH3 is 1. The second-order valence-corrected chi connectivity index (χ2v) is 5.50. The van der Waals surface area contributed by atoms with Gasteiger partial charge in [0.05, 0.1) is 19.8 Å². The molecule has 22 heavy (non-hydrogen) atoms. The van der Waals surface area contributed by atoms with E-state index >= 15 is 0 Å². The van der Waals surface area contributed by atoms with Gasteiger partial charge in [0.25, 0.3) is 0 Å². The highest BCUT2D eigenvalue weighted by Gasteiger charge is 2.15. The zero-order chi connectivity index (χ0) is 15.9. The predicted molar refractivity (Wildman–Crippen MR) is 90.2 cm³/mol. The first kappa shape index (κ1) is 16.5. The van der Waals surface area contributed by atoms with Crippen molar-refractivity contribution in [2.75, 3.05) is 13.7 Å². The van der Waals surface area contributed by atoms with E-state index in [1.807, 2.05) is 24.3 Å². The van der Waals surface area contributed by atoms with Gasteiger partial charge in [-0.2, -0.15) is 0 Å². The second-order valence-electron chi connectivity index (χ2n) is 5.50. The maximum absolute atomic E-state index is 9.72. The quantitative estimate of drug-likeness (QED) is 0.820. The molecule has 0 aromatic heterocycles. The Hall–Kier alpha value is -1.84. The summed E-state index contributed by atoms with van der Waals surface area (Å²) in [7, 11) is 1.65. The number of ether oxygens (including phenoxy) is 1. The van der Waals surface area contributed by atoms with E-state index in [2.05, 4.69) is 43.4 Å². The molecule has 2 unspecified atom stereocenters. The van der Waals surface area contributed by atoms with Crippen LogP contribution in [0.2, 0.25) is 0 Å². The van der Waals surface area contributed by atoms with Crippen LogP contribution in [0, 0.1) is 0 Å². The Labute approximate surface area is 133 Å². The van der Waals surface area contributed by atoms with Crippen molar-refractivity contribution in [3.05, 3.63) is 65.2 Å². The monoisotopic (exact) mass is 299 g/mol. The molecule has 2 N–H and O–H groups in total. The van der Waals surface area contributed by atoms with Crippen molar-refractivity contribution < 1.29 is 9.84 Å². The molecule has 0 aliphatic heterocycles. The van der Waals surface area contributed by atoms with Crippen LogP contribution < -0.4 is 10.1 Å². The van der Waals surface area contributed by atoms with Crippen LogP contribution in [0.3, 0.4) is 0 Å². The summed E-state index contributed by atoms with van der Waals surface area (Å²) in [6.07, 6.45) is 1.05. The Bertz CT molecular complexity index is 580. The standard InChI is InChI=1S/C19H25NO2/c1-4-15-8-10-16(11-9-15)14(2)20-19(13-21)17-6-5-7-18(12-17)22-3/h5-12,14,19-21H,4,13H2,1-3H3. The van der Waals surface area contributed by atoms with Crippen LogP contribution in [0.5, 0.6) is 5.75 Å². The van der Waals surface area contributed by atoms with Crippen LogP contribution in [-0.4, -0.2) is 18.8 Å². The van der Waals surface area contributed by atoms with Crippen LogP contribution in [0.15, 0.2) is 48.5 Å². The molecular weight excluding hydrogens is 274 g/mol. The van der Waals surface area contributed by atoms with Gasteiger partial charge < -0.3 is 15.2 Å². The Balaban J connectivity index is 2.10. The Kier molecular flexibility index (Phi) is 5.99. The van der Waals surface area contributed by atoms with Crippen molar-refractivity contribution in [3.8, 4) is 5.75 Å². The summed E-state index contributed by atoms with van der Waals surface area (Å²) in [5.74, 6) is 0.803. The van der Waals surface area contributed by atoms with Crippen LogP contribution >= 0.6 is 0 Å². The van der Waals surface area contributed by atoms with Gasteiger partial charge >= 0.3 is 0 Å². The lowest BCUT2D eigenvalue weighted by Crippen LogP contribution is -2.27. The highest BCUT2D eigenvalue weighted by molar-refractivity contribution is 5.31. The predicted octanol–water partition coefficient (Wildman–Crippen LogP) is 3.64. The number of aliphatic hydroxyl groups is 1. The minimum atomic E-state index is -0.115. The third-order valence-corrected chi connectivity index (χ3v) is 4.02. The molecule has 0 radical (unpaired) electrons. The summed E-state index contributed by atoms with van der Waals surface area (Å²) in [4.78, 5) is 0. The molecule has 0 aliphatic rings. The van der Waals surface area contributed by atoms with Gasteiger partial charge in [0.15, 0.2) is 0 Å². The van der Waals surface area contributed by atoms with Gasteiger partial charge in [0.2, 0.25) is 0 Å². The number of nitrogens with one attached hydrogen (secondary N) is 1. The highest BCUT2D eigenvalue weighted by atomic mass is 16.5. The molecule has 118 valence electrons. The molecule has 3 nitrogen and oxygen atoms in total. The van der Waals surface area contributed by atoms with Gasteiger partial charge in [-0.1, -0.05) is 43.3 Å². The van der Waals surface area contributed by atoms with Crippen molar-refractivity contribution in [2.24, 2.45) is 0 Å². The zero-order valence-electron chi connectivity index (χ0n) is 13.5. The third kappa shape index (κ3) is 4.09. The van der Waals surface area contributed by atoms with Gasteiger partial charge in [-0.05, 0) is 42.2 Å². The largest absolute Gasteiger partial charge is 0.497 e. The highest BCUT2D eigenvalue weighted by Crippen LogP contribution is 2.23. The molecule has 2 atom stereocenters. The van der Waals surface area contributed by atoms with E-state index in [4.69, 9.17) is 4.74 Å². The summed E-state index contributed by atoms with van der Waals surface area (Å²) >= 11 is 0. The summed E-state index contributed by atoms with van der Waals surface area (Å²) in [6.45, 7) is 4.32. The smallest absolute Gasteiger partial charge is 0.119 e. The van der Waals surface area contributed by atoms with Gasteiger partial charge in [-0.25, -0.2) is 0 Å². The Morgan fingerprint density at radius 1 is 1.09 bits per heavy atom. The van der Waals surface area contributed by atoms with E-state index in [0.717, 1.165) is 17.7 Å². The van der Waals surface area contributed by atoms with Crippen LogP contribution in [0.25, 0.3) is 0 Å². The van der Waals surface area contributed by atoms with Crippen molar-refractivity contribution in [1.29, 1.82) is 0 Å². The number of rotatable bonds is 7. The molecule has 0 spiro atoms. The zero-order valence-corrected chi connectivity index (χ0v) is 13.5.